The fourth-order valence-corrected chi connectivity index (χ4v) is 5.28. The van der Waals surface area contributed by atoms with Crippen LogP contribution >= 0.6 is 11.8 Å². The Balaban J connectivity index is 1.75. The molecule has 0 bridgehead atoms. The first-order valence-electron chi connectivity index (χ1n) is 9.93. The van der Waals surface area contributed by atoms with Gasteiger partial charge in [0.1, 0.15) is 0 Å². The number of benzene rings is 2. The van der Waals surface area contributed by atoms with Gasteiger partial charge in [-0.1, -0.05) is 49.4 Å². The van der Waals surface area contributed by atoms with E-state index in [1.54, 1.807) is 32.0 Å². The number of nitrogens with zero attached hydrogens (tertiary/aromatic N) is 3. The number of carbonyl (C=O) groups is 1. The maximum atomic E-state index is 12.8. The van der Waals surface area contributed by atoms with Crippen LogP contribution < -0.4 is 0 Å². The van der Waals surface area contributed by atoms with Crippen molar-refractivity contribution in [2.75, 3.05) is 18.8 Å². The van der Waals surface area contributed by atoms with Crippen LogP contribution in [0.1, 0.15) is 35.3 Å². The Labute approximate surface area is 186 Å². The van der Waals surface area contributed by atoms with Crippen molar-refractivity contribution < 1.29 is 17.6 Å². The number of Topliss-reactive ketones (excluding diaryl/α,β-unsaturated/α-hetero) is 1. The Morgan fingerprint density at radius 2 is 1.81 bits per heavy atom. The van der Waals surface area contributed by atoms with Crippen LogP contribution in [0.25, 0.3) is 11.5 Å². The van der Waals surface area contributed by atoms with Gasteiger partial charge in [0.2, 0.25) is 15.9 Å². The van der Waals surface area contributed by atoms with E-state index in [1.165, 1.54) is 10.4 Å². The zero-order valence-corrected chi connectivity index (χ0v) is 19.6. The van der Waals surface area contributed by atoms with Crippen molar-refractivity contribution in [2.45, 2.75) is 37.8 Å². The molecular weight excluding hydrogens is 434 g/mol. The molecule has 0 aliphatic heterocycles. The number of hydrogen-bond donors (Lipinski definition) is 0. The van der Waals surface area contributed by atoms with E-state index in [0.29, 0.717) is 24.2 Å². The molecule has 0 spiro atoms. The number of thioether (sulfide) groups is 1. The van der Waals surface area contributed by atoms with Crippen molar-refractivity contribution in [1.29, 1.82) is 0 Å². The van der Waals surface area contributed by atoms with Crippen LogP contribution in [0.3, 0.4) is 0 Å². The second-order valence-electron chi connectivity index (χ2n) is 7.02. The topological polar surface area (TPSA) is 93.4 Å². The van der Waals surface area contributed by atoms with Gasteiger partial charge in [-0.2, -0.15) is 4.31 Å². The summed E-state index contributed by atoms with van der Waals surface area (Å²) in [5.41, 5.74) is 3.14. The minimum absolute atomic E-state index is 0.0155. The molecule has 0 N–H and O–H groups in total. The van der Waals surface area contributed by atoms with Crippen LogP contribution in [0.4, 0.5) is 0 Å². The summed E-state index contributed by atoms with van der Waals surface area (Å²) in [6.45, 7) is 8.22. The molecule has 0 fully saturated rings. The van der Waals surface area contributed by atoms with Crippen molar-refractivity contribution in [1.82, 2.24) is 14.5 Å². The van der Waals surface area contributed by atoms with E-state index in [4.69, 9.17) is 4.42 Å². The van der Waals surface area contributed by atoms with Gasteiger partial charge in [-0.25, -0.2) is 8.42 Å². The van der Waals surface area contributed by atoms with Crippen molar-refractivity contribution in [3.63, 3.8) is 0 Å². The number of aryl methyl sites for hydroxylation is 2. The zero-order chi connectivity index (χ0) is 22.6. The first-order valence-corrected chi connectivity index (χ1v) is 12.4. The number of aromatic nitrogens is 2. The lowest BCUT2D eigenvalue weighted by Gasteiger charge is -2.18. The van der Waals surface area contributed by atoms with Crippen LogP contribution in [-0.2, 0) is 10.0 Å². The second-order valence-corrected chi connectivity index (χ2v) is 9.89. The number of ketones is 1. The van der Waals surface area contributed by atoms with Gasteiger partial charge in [-0.3, -0.25) is 4.79 Å². The minimum Gasteiger partial charge on any atom is -0.411 e. The van der Waals surface area contributed by atoms with E-state index in [1.807, 2.05) is 32.0 Å². The number of hydrogen-bond acceptors (Lipinski definition) is 7. The van der Waals surface area contributed by atoms with Crippen LogP contribution in [-0.4, -0.2) is 47.5 Å². The van der Waals surface area contributed by atoms with Crippen molar-refractivity contribution in [2.24, 2.45) is 0 Å². The lowest BCUT2D eigenvalue weighted by Crippen LogP contribution is -2.30. The summed E-state index contributed by atoms with van der Waals surface area (Å²) < 4.78 is 32.6. The monoisotopic (exact) mass is 459 g/mol. The molecule has 0 unspecified atom stereocenters. The molecule has 0 radical (unpaired) electrons. The average molecular weight is 460 g/mol. The van der Waals surface area contributed by atoms with Crippen LogP contribution in [0.5, 0.6) is 0 Å². The van der Waals surface area contributed by atoms with E-state index in [-0.39, 0.29) is 27.5 Å². The molecule has 0 aliphatic rings. The molecule has 2 aromatic carbocycles. The predicted molar refractivity (Wildman–Crippen MR) is 121 cm³/mol. The largest absolute Gasteiger partial charge is 0.411 e. The molecule has 0 atom stereocenters. The highest BCUT2D eigenvalue weighted by Gasteiger charge is 2.22. The molecule has 0 saturated carbocycles. The zero-order valence-electron chi connectivity index (χ0n) is 18.0. The smallest absolute Gasteiger partial charge is 0.277 e. The summed E-state index contributed by atoms with van der Waals surface area (Å²) in [7, 11) is -3.59. The van der Waals surface area contributed by atoms with Gasteiger partial charge < -0.3 is 4.42 Å². The summed E-state index contributed by atoms with van der Waals surface area (Å²) in [5, 5.41) is 8.27. The third-order valence-electron chi connectivity index (χ3n) is 4.85. The summed E-state index contributed by atoms with van der Waals surface area (Å²) in [6, 6.07) is 12.2. The molecule has 31 heavy (non-hydrogen) atoms. The molecule has 0 amide bonds. The van der Waals surface area contributed by atoms with Gasteiger partial charge in [0.15, 0.2) is 5.78 Å². The lowest BCUT2D eigenvalue weighted by atomic mass is 10.0. The van der Waals surface area contributed by atoms with Crippen molar-refractivity contribution in [3.8, 4) is 11.5 Å². The van der Waals surface area contributed by atoms with Gasteiger partial charge >= 0.3 is 0 Å². The lowest BCUT2D eigenvalue weighted by molar-refractivity contribution is 0.102. The molecule has 3 aromatic rings. The molecule has 164 valence electrons. The molecule has 0 aliphatic carbocycles. The molecule has 7 nitrogen and oxygen atoms in total. The fourth-order valence-electron chi connectivity index (χ4n) is 3.13. The van der Waals surface area contributed by atoms with Crippen LogP contribution in [0, 0.1) is 13.8 Å². The third-order valence-corrected chi connectivity index (χ3v) is 7.72. The maximum absolute atomic E-state index is 12.8. The quantitative estimate of drug-likeness (QED) is 0.347. The predicted octanol–water partition coefficient (Wildman–Crippen LogP) is 4.36. The Kier molecular flexibility index (Phi) is 7.30. The van der Waals surface area contributed by atoms with Crippen LogP contribution in [0.2, 0.25) is 0 Å². The van der Waals surface area contributed by atoms with E-state index in [9.17, 15) is 13.2 Å². The normalized spacial score (nSPS) is 11.8. The van der Waals surface area contributed by atoms with Gasteiger partial charge in [0, 0.05) is 24.2 Å². The van der Waals surface area contributed by atoms with Crippen molar-refractivity contribution >= 4 is 27.6 Å². The summed E-state index contributed by atoms with van der Waals surface area (Å²) in [5.74, 6) is 0.360. The Hall–Kier alpha value is -2.49. The second kappa shape index (κ2) is 9.76. The SMILES string of the molecule is CCN(CC)S(=O)(=O)c1cccc(-c2nnc(SCC(=O)c3cc(C)ccc3C)o2)c1. The Bertz CT molecular complexity index is 1180. The first-order chi connectivity index (χ1) is 14.8. The standard InChI is InChI=1S/C22H25N3O4S2/c1-5-25(6-2)31(27,28)18-9-7-8-17(13-18)21-23-24-22(29-21)30-14-20(26)19-12-15(3)10-11-16(19)4/h7-13H,5-6,14H2,1-4H3. The van der Waals surface area contributed by atoms with Crippen LogP contribution in [0.15, 0.2) is 57.0 Å². The average Bonchev–Trinajstić information content (AvgIpc) is 3.23. The maximum Gasteiger partial charge on any atom is 0.277 e. The number of carbonyl (C=O) groups excluding carboxylic acids is 1. The Morgan fingerprint density at radius 3 is 2.52 bits per heavy atom. The highest BCUT2D eigenvalue weighted by molar-refractivity contribution is 7.99. The number of rotatable bonds is 9. The third kappa shape index (κ3) is 5.23. The number of sulfonamides is 1. The van der Waals surface area contributed by atoms with Gasteiger partial charge in [0.25, 0.3) is 5.22 Å². The highest BCUT2D eigenvalue weighted by Crippen LogP contribution is 2.27. The molecule has 0 saturated heterocycles. The van der Waals surface area contributed by atoms with Gasteiger partial charge in [-0.15, -0.1) is 10.2 Å². The van der Waals surface area contributed by atoms with E-state index in [2.05, 4.69) is 10.2 Å². The summed E-state index contributed by atoms with van der Waals surface area (Å²) in [4.78, 5) is 12.7. The molecular formula is C22H25N3O4S2. The van der Waals surface area contributed by atoms with E-state index in [0.717, 1.165) is 22.9 Å². The van der Waals surface area contributed by atoms with Gasteiger partial charge in [0.05, 0.1) is 10.6 Å². The molecule has 1 aromatic heterocycles. The molecule has 1 heterocycles. The Morgan fingerprint density at radius 1 is 1.06 bits per heavy atom. The summed E-state index contributed by atoms with van der Waals surface area (Å²) in [6.07, 6.45) is 0. The van der Waals surface area contributed by atoms with E-state index >= 15 is 0 Å². The molecule has 9 heteroatoms. The summed E-state index contributed by atoms with van der Waals surface area (Å²) >= 11 is 1.16. The first kappa shape index (κ1) is 23.2. The van der Waals surface area contributed by atoms with E-state index < -0.39 is 10.0 Å². The minimum atomic E-state index is -3.59. The molecule has 3 rings (SSSR count). The highest BCUT2D eigenvalue weighted by atomic mass is 32.2. The van der Waals surface area contributed by atoms with Crippen molar-refractivity contribution in [3.05, 3.63) is 59.2 Å². The fraction of sp³-hybridized carbons (Fsp3) is 0.318. The van der Waals surface area contributed by atoms with Gasteiger partial charge in [-0.05, 0) is 43.7 Å².